The van der Waals surface area contributed by atoms with Crippen molar-refractivity contribution in [2.45, 2.75) is 0 Å². The average Bonchev–Trinajstić information content (AvgIpc) is 2.83. The highest BCUT2D eigenvalue weighted by molar-refractivity contribution is 5.93. The monoisotopic (exact) mass is 424 g/mol. The van der Waals surface area contributed by atoms with E-state index in [-0.39, 0.29) is 10.9 Å². The molecular weight excluding hydrogens is 404 g/mol. The second-order valence-corrected chi connectivity index (χ2v) is 7.53. The van der Waals surface area contributed by atoms with Crippen molar-refractivity contribution in [1.82, 2.24) is 0 Å². The summed E-state index contributed by atoms with van der Waals surface area (Å²) in [4.78, 5) is 29.3. The SMILES string of the molecule is CN(c1ccccc1)c1cc(=O)c2cc3oc(N(C)c4ccccc4)cc(=O)c3cc2o1. The molecule has 6 nitrogen and oxygen atoms in total. The number of benzene rings is 3. The third-order valence-corrected chi connectivity index (χ3v) is 5.50. The molecule has 3 aromatic carbocycles. The first-order valence-corrected chi connectivity index (χ1v) is 10.1. The van der Waals surface area contributed by atoms with Crippen LogP contribution in [0.4, 0.5) is 23.1 Å². The Hall–Kier alpha value is -4.32. The average molecular weight is 424 g/mol. The second-order valence-electron chi connectivity index (χ2n) is 7.53. The summed E-state index contributed by atoms with van der Waals surface area (Å²) in [5.41, 5.74) is 2.00. The standard InChI is InChI=1S/C26H20N2O4/c1-27(17-9-5-3-6-10-17)25-15-21(29)19-14-24-20(13-23(19)31-25)22(30)16-26(32-24)28(2)18-11-7-4-8-12-18/h3-16H,1-2H3. The van der Waals surface area contributed by atoms with Crippen LogP contribution in [0.1, 0.15) is 0 Å². The maximum Gasteiger partial charge on any atom is 0.204 e. The summed E-state index contributed by atoms with van der Waals surface area (Å²) in [5, 5.41) is 0.704. The Kier molecular flexibility index (Phi) is 4.75. The molecule has 0 saturated carbocycles. The van der Waals surface area contributed by atoms with E-state index in [2.05, 4.69) is 0 Å². The van der Waals surface area contributed by atoms with E-state index >= 15 is 0 Å². The molecule has 0 spiro atoms. The van der Waals surface area contributed by atoms with Crippen LogP contribution in [0.25, 0.3) is 21.9 Å². The number of fused-ring (bicyclic) bond motifs is 2. The summed E-state index contributed by atoms with van der Waals surface area (Å²) < 4.78 is 12.0. The van der Waals surface area contributed by atoms with Gasteiger partial charge < -0.3 is 18.6 Å². The first-order chi connectivity index (χ1) is 15.5. The number of rotatable bonds is 4. The highest BCUT2D eigenvalue weighted by Crippen LogP contribution is 2.29. The normalized spacial score (nSPS) is 11.1. The summed E-state index contributed by atoms with van der Waals surface area (Å²) >= 11 is 0. The van der Waals surface area contributed by atoms with Gasteiger partial charge in [-0.1, -0.05) is 36.4 Å². The van der Waals surface area contributed by atoms with E-state index < -0.39 is 0 Å². The van der Waals surface area contributed by atoms with Gasteiger partial charge in [-0.3, -0.25) is 9.59 Å². The third kappa shape index (κ3) is 3.41. The molecule has 0 atom stereocenters. The lowest BCUT2D eigenvalue weighted by Gasteiger charge is -2.18. The van der Waals surface area contributed by atoms with Gasteiger partial charge in [0.05, 0.1) is 10.8 Å². The molecule has 6 heteroatoms. The van der Waals surface area contributed by atoms with Crippen molar-refractivity contribution < 1.29 is 8.83 Å². The van der Waals surface area contributed by atoms with Gasteiger partial charge in [-0.2, -0.15) is 0 Å². The van der Waals surface area contributed by atoms with E-state index in [0.717, 1.165) is 11.4 Å². The molecule has 0 N–H and O–H groups in total. The largest absolute Gasteiger partial charge is 0.440 e. The van der Waals surface area contributed by atoms with Crippen LogP contribution in [0.3, 0.4) is 0 Å². The Morgan fingerprint density at radius 3 is 1.31 bits per heavy atom. The third-order valence-electron chi connectivity index (χ3n) is 5.50. The minimum atomic E-state index is -0.213. The Labute approximate surface area is 183 Å². The van der Waals surface area contributed by atoms with Crippen LogP contribution < -0.4 is 20.7 Å². The van der Waals surface area contributed by atoms with Crippen molar-refractivity contribution in [3.8, 4) is 0 Å². The fraction of sp³-hybridized carbons (Fsp3) is 0.0769. The number of nitrogens with zero attached hydrogens (tertiary/aromatic N) is 2. The molecule has 2 aromatic heterocycles. The molecule has 32 heavy (non-hydrogen) atoms. The Balaban J connectivity index is 1.64. The quantitative estimate of drug-likeness (QED) is 0.358. The lowest BCUT2D eigenvalue weighted by Crippen LogP contribution is -2.14. The maximum atomic E-state index is 12.9. The van der Waals surface area contributed by atoms with Crippen molar-refractivity contribution in [2.75, 3.05) is 23.9 Å². The van der Waals surface area contributed by atoms with Gasteiger partial charge in [0.1, 0.15) is 11.2 Å². The predicted octanol–water partition coefficient (Wildman–Crippen LogP) is 5.44. The van der Waals surface area contributed by atoms with Gasteiger partial charge in [-0.05, 0) is 36.4 Å². The van der Waals surface area contributed by atoms with E-state index in [1.807, 2.05) is 74.8 Å². The summed E-state index contributed by atoms with van der Waals surface area (Å²) in [6.07, 6.45) is 0. The summed E-state index contributed by atoms with van der Waals surface area (Å²) in [7, 11) is 3.64. The van der Waals surface area contributed by atoms with Gasteiger partial charge in [0, 0.05) is 37.6 Å². The van der Waals surface area contributed by atoms with E-state index in [9.17, 15) is 9.59 Å². The minimum Gasteiger partial charge on any atom is -0.440 e. The molecule has 0 aliphatic rings. The second kappa shape index (κ2) is 7.74. The summed E-state index contributed by atoms with van der Waals surface area (Å²) in [5.74, 6) is 0.774. The predicted molar refractivity (Wildman–Crippen MR) is 128 cm³/mol. The van der Waals surface area contributed by atoms with Crippen LogP contribution >= 0.6 is 0 Å². The van der Waals surface area contributed by atoms with E-state index in [4.69, 9.17) is 8.83 Å². The molecule has 0 amide bonds. The van der Waals surface area contributed by atoms with E-state index in [1.165, 1.54) is 12.1 Å². The van der Waals surface area contributed by atoms with Gasteiger partial charge in [0.2, 0.25) is 11.8 Å². The molecule has 0 aliphatic heterocycles. The lowest BCUT2D eigenvalue weighted by molar-refractivity contribution is 0.596. The fourth-order valence-corrected chi connectivity index (χ4v) is 3.67. The van der Waals surface area contributed by atoms with E-state index in [1.54, 1.807) is 21.9 Å². The highest BCUT2D eigenvalue weighted by atomic mass is 16.4. The molecule has 0 unspecified atom stereocenters. The number of hydrogen-bond acceptors (Lipinski definition) is 6. The van der Waals surface area contributed by atoms with Crippen molar-refractivity contribution in [1.29, 1.82) is 0 Å². The molecule has 5 aromatic rings. The smallest absolute Gasteiger partial charge is 0.204 e. The molecule has 0 saturated heterocycles. The summed E-state index contributed by atoms with van der Waals surface area (Å²) in [6, 6.07) is 25.2. The number of para-hydroxylation sites is 2. The van der Waals surface area contributed by atoms with Gasteiger partial charge in [-0.15, -0.1) is 0 Å². The van der Waals surface area contributed by atoms with Crippen molar-refractivity contribution in [3.63, 3.8) is 0 Å². The Bertz CT molecular complexity index is 1420. The van der Waals surface area contributed by atoms with Crippen LogP contribution in [-0.4, -0.2) is 14.1 Å². The molecule has 0 fully saturated rings. The van der Waals surface area contributed by atoms with Gasteiger partial charge in [-0.25, -0.2) is 0 Å². The zero-order valence-electron chi connectivity index (χ0n) is 17.6. The van der Waals surface area contributed by atoms with Gasteiger partial charge in [0.15, 0.2) is 10.9 Å². The maximum absolute atomic E-state index is 12.9. The molecular formula is C26H20N2O4. The van der Waals surface area contributed by atoms with E-state index in [0.29, 0.717) is 33.7 Å². The van der Waals surface area contributed by atoms with Crippen molar-refractivity contribution >= 4 is 45.1 Å². The lowest BCUT2D eigenvalue weighted by atomic mass is 10.1. The molecule has 158 valence electrons. The van der Waals surface area contributed by atoms with Crippen LogP contribution in [0.5, 0.6) is 0 Å². The van der Waals surface area contributed by atoms with Crippen LogP contribution in [-0.2, 0) is 0 Å². The zero-order chi connectivity index (χ0) is 22.2. The van der Waals surface area contributed by atoms with Crippen molar-refractivity contribution in [2.24, 2.45) is 0 Å². The number of anilines is 4. The van der Waals surface area contributed by atoms with Crippen LogP contribution in [0, 0.1) is 0 Å². The van der Waals surface area contributed by atoms with Gasteiger partial charge >= 0.3 is 0 Å². The van der Waals surface area contributed by atoms with Gasteiger partial charge in [0.25, 0.3) is 0 Å². The highest BCUT2D eigenvalue weighted by Gasteiger charge is 2.15. The number of hydrogen-bond donors (Lipinski definition) is 0. The zero-order valence-corrected chi connectivity index (χ0v) is 17.6. The molecule has 0 radical (unpaired) electrons. The summed E-state index contributed by atoms with van der Waals surface area (Å²) in [6.45, 7) is 0. The fourth-order valence-electron chi connectivity index (χ4n) is 3.67. The first-order valence-electron chi connectivity index (χ1n) is 10.1. The molecule has 0 aliphatic carbocycles. The minimum absolute atomic E-state index is 0.213. The molecule has 0 bridgehead atoms. The van der Waals surface area contributed by atoms with Crippen LogP contribution in [0.2, 0.25) is 0 Å². The molecule has 2 heterocycles. The first kappa shape index (κ1) is 19.6. The Morgan fingerprint density at radius 1 is 0.562 bits per heavy atom. The Morgan fingerprint density at radius 2 is 0.938 bits per heavy atom. The topological polar surface area (TPSA) is 66.9 Å². The molecule has 5 rings (SSSR count). The van der Waals surface area contributed by atoms with Crippen LogP contribution in [0.15, 0.2) is 103 Å². The van der Waals surface area contributed by atoms with Crippen molar-refractivity contribution in [3.05, 3.63) is 105 Å².